The van der Waals surface area contributed by atoms with Gasteiger partial charge in [-0.1, -0.05) is 13.8 Å². The van der Waals surface area contributed by atoms with E-state index >= 15 is 0 Å². The highest BCUT2D eigenvalue weighted by atomic mass is 16.5. The Morgan fingerprint density at radius 3 is 2.73 bits per heavy atom. The number of aromatic nitrogens is 6. The van der Waals surface area contributed by atoms with Crippen LogP contribution >= 0.6 is 0 Å². The second kappa shape index (κ2) is 10.4. The normalized spacial score (nSPS) is 16.2. The van der Waals surface area contributed by atoms with Gasteiger partial charge in [-0.3, -0.25) is 4.57 Å². The maximum atomic E-state index is 9.84. The number of hydrogen-bond acceptors (Lipinski definition) is 9. The van der Waals surface area contributed by atoms with Gasteiger partial charge in [0.25, 0.3) is 0 Å². The zero-order valence-electron chi connectivity index (χ0n) is 21.7. The van der Waals surface area contributed by atoms with Gasteiger partial charge in [0.05, 0.1) is 25.3 Å². The molecule has 0 bridgehead atoms. The molecule has 1 saturated heterocycles. The second-order valence-corrected chi connectivity index (χ2v) is 10.2. The molecule has 10 heteroatoms. The summed E-state index contributed by atoms with van der Waals surface area (Å²) in [6.45, 7) is 6.75. The highest BCUT2D eigenvalue weighted by Gasteiger charge is 2.24. The summed E-state index contributed by atoms with van der Waals surface area (Å²) in [4.78, 5) is 23.4. The van der Waals surface area contributed by atoms with Gasteiger partial charge in [0.1, 0.15) is 29.1 Å². The van der Waals surface area contributed by atoms with Crippen LogP contribution in [0.3, 0.4) is 0 Å². The number of fused-ring (bicyclic) bond motifs is 1. The molecule has 1 aliphatic rings. The summed E-state index contributed by atoms with van der Waals surface area (Å²) >= 11 is 0. The number of rotatable bonds is 8. The first-order chi connectivity index (χ1) is 17.9. The number of aliphatic hydroxyl groups excluding tert-OH is 1. The number of imidazole rings is 1. The van der Waals surface area contributed by atoms with Crippen LogP contribution in [0.2, 0.25) is 0 Å². The third kappa shape index (κ3) is 5.40. The standard InChI is InChI=1S/C27H33N7O3/c1-17-31-23(24-26(32-17)34(16-30-24)22-7-5-6-10-37-22)20-11-18(12-27(2,3)15-35)13-29-25(20)33-19-8-9-21(36-4)28-14-19/h8-9,11,13-14,16,22,35H,5-7,10,12,15H2,1-4H3,(H,29,33). The molecule has 0 saturated carbocycles. The van der Waals surface area contributed by atoms with Crippen LogP contribution in [0, 0.1) is 12.3 Å². The average Bonchev–Trinajstić information content (AvgIpc) is 3.33. The molecule has 1 unspecified atom stereocenters. The lowest BCUT2D eigenvalue weighted by Crippen LogP contribution is -2.20. The van der Waals surface area contributed by atoms with E-state index in [4.69, 9.17) is 29.4 Å². The number of nitrogens with one attached hydrogen (secondary N) is 1. The van der Waals surface area contributed by atoms with Crippen molar-refractivity contribution >= 4 is 22.7 Å². The molecule has 0 aliphatic carbocycles. The second-order valence-electron chi connectivity index (χ2n) is 10.2. The molecule has 2 N–H and O–H groups in total. The monoisotopic (exact) mass is 503 g/mol. The first-order valence-corrected chi connectivity index (χ1v) is 12.6. The Hall–Kier alpha value is -3.63. The van der Waals surface area contributed by atoms with E-state index in [1.807, 2.05) is 37.6 Å². The highest BCUT2D eigenvalue weighted by molar-refractivity contribution is 5.92. The highest BCUT2D eigenvalue weighted by Crippen LogP contribution is 2.35. The van der Waals surface area contributed by atoms with Crippen molar-refractivity contribution in [1.29, 1.82) is 0 Å². The van der Waals surface area contributed by atoms with Gasteiger partial charge in [0.2, 0.25) is 5.88 Å². The van der Waals surface area contributed by atoms with Gasteiger partial charge >= 0.3 is 0 Å². The zero-order chi connectivity index (χ0) is 26.0. The van der Waals surface area contributed by atoms with Crippen LogP contribution < -0.4 is 10.1 Å². The molecule has 4 aromatic heterocycles. The molecule has 37 heavy (non-hydrogen) atoms. The van der Waals surface area contributed by atoms with Crippen molar-refractivity contribution in [1.82, 2.24) is 29.5 Å². The van der Waals surface area contributed by atoms with Crippen molar-refractivity contribution in [3.63, 3.8) is 0 Å². The summed E-state index contributed by atoms with van der Waals surface area (Å²) in [6, 6.07) is 5.75. The van der Waals surface area contributed by atoms with Crippen LogP contribution in [-0.4, -0.2) is 54.9 Å². The molecular weight excluding hydrogens is 470 g/mol. The van der Waals surface area contributed by atoms with Crippen LogP contribution in [-0.2, 0) is 11.2 Å². The van der Waals surface area contributed by atoms with Crippen LogP contribution in [0.5, 0.6) is 5.88 Å². The van der Waals surface area contributed by atoms with Crippen LogP contribution in [0.1, 0.15) is 50.7 Å². The van der Waals surface area contributed by atoms with Gasteiger partial charge in [0, 0.05) is 31.0 Å². The van der Waals surface area contributed by atoms with Crippen LogP contribution in [0.25, 0.3) is 22.4 Å². The van der Waals surface area contributed by atoms with Gasteiger partial charge in [-0.25, -0.2) is 24.9 Å². The summed E-state index contributed by atoms with van der Waals surface area (Å²) < 4.78 is 13.2. The number of methoxy groups -OCH3 is 1. The minimum Gasteiger partial charge on any atom is -0.481 e. The lowest BCUT2D eigenvalue weighted by atomic mass is 9.87. The van der Waals surface area contributed by atoms with E-state index in [0.29, 0.717) is 35.2 Å². The van der Waals surface area contributed by atoms with Gasteiger partial charge < -0.3 is 19.9 Å². The fourth-order valence-corrected chi connectivity index (χ4v) is 4.57. The number of aliphatic hydroxyl groups is 1. The zero-order valence-corrected chi connectivity index (χ0v) is 21.7. The van der Waals surface area contributed by atoms with Crippen LogP contribution in [0.4, 0.5) is 11.5 Å². The summed E-state index contributed by atoms with van der Waals surface area (Å²) in [7, 11) is 1.59. The molecule has 0 aromatic carbocycles. The predicted octanol–water partition coefficient (Wildman–Crippen LogP) is 4.60. The number of ether oxygens (including phenoxy) is 2. The van der Waals surface area contributed by atoms with E-state index in [9.17, 15) is 5.11 Å². The fraction of sp³-hybridized carbons (Fsp3) is 0.444. The predicted molar refractivity (Wildman–Crippen MR) is 141 cm³/mol. The van der Waals surface area contributed by atoms with E-state index in [0.717, 1.165) is 48.3 Å². The largest absolute Gasteiger partial charge is 0.481 e. The van der Waals surface area contributed by atoms with E-state index in [-0.39, 0.29) is 18.2 Å². The van der Waals surface area contributed by atoms with E-state index in [1.54, 1.807) is 25.7 Å². The number of nitrogens with zero attached hydrogens (tertiary/aromatic N) is 6. The molecule has 5 rings (SSSR count). The van der Waals surface area contributed by atoms with E-state index in [1.165, 1.54) is 0 Å². The molecular formula is C27H33N7O3. The Balaban J connectivity index is 1.62. The fourth-order valence-electron chi connectivity index (χ4n) is 4.57. The molecule has 4 aromatic rings. The minimum absolute atomic E-state index is 0.0719. The molecule has 1 fully saturated rings. The summed E-state index contributed by atoms with van der Waals surface area (Å²) in [5.41, 5.74) is 4.39. The Kier molecular flexibility index (Phi) is 7.03. The first kappa shape index (κ1) is 25.0. The Labute approximate surface area is 216 Å². The molecule has 0 spiro atoms. The minimum atomic E-state index is -0.287. The van der Waals surface area contributed by atoms with Crippen LogP contribution in [0.15, 0.2) is 36.9 Å². The number of hydrogen-bond donors (Lipinski definition) is 2. The number of aryl methyl sites for hydroxylation is 1. The first-order valence-electron chi connectivity index (χ1n) is 12.6. The van der Waals surface area contributed by atoms with Gasteiger partial charge in [-0.05, 0) is 55.7 Å². The lowest BCUT2D eigenvalue weighted by Gasteiger charge is -2.24. The van der Waals surface area contributed by atoms with Gasteiger partial charge in [-0.2, -0.15) is 0 Å². The summed E-state index contributed by atoms with van der Waals surface area (Å²) in [5.74, 6) is 1.79. The molecule has 10 nitrogen and oxygen atoms in total. The van der Waals surface area contributed by atoms with Gasteiger partial charge in [0.15, 0.2) is 5.65 Å². The maximum absolute atomic E-state index is 9.84. The molecule has 5 heterocycles. The topological polar surface area (TPSA) is 120 Å². The van der Waals surface area contributed by atoms with Crippen molar-refractivity contribution in [2.24, 2.45) is 5.41 Å². The van der Waals surface area contributed by atoms with E-state index in [2.05, 4.69) is 16.4 Å². The Morgan fingerprint density at radius 1 is 1.16 bits per heavy atom. The van der Waals surface area contributed by atoms with Crippen molar-refractivity contribution in [2.75, 3.05) is 25.6 Å². The Bertz CT molecular complexity index is 1380. The van der Waals surface area contributed by atoms with Crippen molar-refractivity contribution in [3.05, 3.63) is 48.3 Å². The van der Waals surface area contributed by atoms with Crippen molar-refractivity contribution in [3.8, 4) is 17.1 Å². The maximum Gasteiger partial charge on any atom is 0.213 e. The smallest absolute Gasteiger partial charge is 0.213 e. The number of pyridine rings is 2. The molecule has 1 atom stereocenters. The third-order valence-electron chi connectivity index (χ3n) is 6.52. The SMILES string of the molecule is COc1ccc(Nc2ncc(CC(C)(C)CO)cc2-c2nc(C)nc3c2ncn3C2CCCCO2)cn1. The number of anilines is 2. The summed E-state index contributed by atoms with van der Waals surface area (Å²) in [5, 5.41) is 13.2. The average molecular weight is 504 g/mol. The molecule has 1 aliphatic heterocycles. The van der Waals surface area contributed by atoms with Gasteiger partial charge in [-0.15, -0.1) is 0 Å². The van der Waals surface area contributed by atoms with Crippen molar-refractivity contribution < 1.29 is 14.6 Å². The molecule has 0 radical (unpaired) electrons. The molecule has 194 valence electrons. The quantitative estimate of drug-likeness (QED) is 0.355. The Morgan fingerprint density at radius 2 is 2.03 bits per heavy atom. The summed E-state index contributed by atoms with van der Waals surface area (Å²) in [6.07, 6.45) is 9.00. The molecule has 0 amide bonds. The lowest BCUT2D eigenvalue weighted by molar-refractivity contribution is -0.0298. The van der Waals surface area contributed by atoms with Crippen molar-refractivity contribution in [2.45, 2.75) is 52.7 Å². The third-order valence-corrected chi connectivity index (χ3v) is 6.52. The van der Waals surface area contributed by atoms with E-state index < -0.39 is 0 Å².